The molecule has 4 aromatic rings. The Morgan fingerprint density at radius 1 is 1.03 bits per heavy atom. The van der Waals surface area contributed by atoms with E-state index in [1.165, 1.54) is 45.4 Å². The highest BCUT2D eigenvalue weighted by molar-refractivity contribution is 6.00. The molecule has 0 bridgehead atoms. The lowest BCUT2D eigenvalue weighted by Crippen LogP contribution is -2.56. The zero-order valence-corrected chi connectivity index (χ0v) is 21.4. The summed E-state index contributed by atoms with van der Waals surface area (Å²) in [6, 6.07) is 19.0. The molecule has 2 aromatic heterocycles. The van der Waals surface area contributed by atoms with Gasteiger partial charge in [0.05, 0.1) is 12.3 Å². The number of hydrogen-bond acceptors (Lipinski definition) is 4. The highest BCUT2D eigenvalue weighted by atomic mass is 16.5. The number of likely N-dealkylation sites (tertiary alicyclic amines) is 1. The maximum absolute atomic E-state index is 10.2. The molecule has 2 aliphatic heterocycles. The maximum atomic E-state index is 10.2. The Hall–Kier alpha value is -3.41. The maximum Gasteiger partial charge on any atom is 0.137 e. The number of ether oxygens (including phenoxy) is 1. The van der Waals surface area contributed by atoms with Gasteiger partial charge in [0.25, 0.3) is 0 Å². The zero-order valence-electron chi connectivity index (χ0n) is 21.4. The molecule has 0 atom stereocenters. The van der Waals surface area contributed by atoms with Gasteiger partial charge in [0.2, 0.25) is 0 Å². The van der Waals surface area contributed by atoms with Crippen LogP contribution in [0.15, 0.2) is 67.0 Å². The average molecular weight is 492 g/mol. The SMILES string of the molecule is Cc1ccccc1C1=C(c2ccn3cc(CN4CC5(CCOC5)C4)nc3c2)c2ccc(O)cc2CCC1. The zero-order chi connectivity index (χ0) is 25.0. The lowest BCUT2D eigenvalue weighted by molar-refractivity contribution is -0.0130. The minimum atomic E-state index is 0.336. The van der Waals surface area contributed by atoms with Gasteiger partial charge in [-0.2, -0.15) is 0 Å². The Kier molecular flexibility index (Phi) is 5.45. The van der Waals surface area contributed by atoms with Gasteiger partial charge in [-0.05, 0) is 95.8 Å². The van der Waals surface area contributed by atoms with Crippen LogP contribution in [-0.4, -0.2) is 45.7 Å². The Balaban J connectivity index is 1.29. The molecule has 7 rings (SSSR count). The van der Waals surface area contributed by atoms with E-state index >= 15 is 0 Å². The summed E-state index contributed by atoms with van der Waals surface area (Å²) < 4.78 is 7.79. The minimum absolute atomic E-state index is 0.336. The molecule has 1 N–H and O–H groups in total. The van der Waals surface area contributed by atoms with Crippen molar-refractivity contribution in [3.05, 3.63) is 101 Å². The molecule has 2 saturated heterocycles. The summed E-state index contributed by atoms with van der Waals surface area (Å²) in [6.45, 7) is 7.14. The number of pyridine rings is 1. The Morgan fingerprint density at radius 3 is 2.76 bits per heavy atom. The van der Waals surface area contributed by atoms with E-state index in [2.05, 4.69) is 71.1 Å². The van der Waals surface area contributed by atoms with Crippen LogP contribution < -0.4 is 0 Å². The highest BCUT2D eigenvalue weighted by Gasteiger charge is 2.45. The van der Waals surface area contributed by atoms with Gasteiger partial charge in [-0.15, -0.1) is 0 Å². The van der Waals surface area contributed by atoms with Crippen molar-refractivity contribution in [1.82, 2.24) is 14.3 Å². The first-order valence-electron chi connectivity index (χ1n) is 13.5. The van der Waals surface area contributed by atoms with Crippen molar-refractivity contribution in [2.24, 2.45) is 5.41 Å². The summed E-state index contributed by atoms with van der Waals surface area (Å²) in [6.07, 6.45) is 8.53. The third kappa shape index (κ3) is 4.07. The van der Waals surface area contributed by atoms with Crippen LogP contribution in [0.5, 0.6) is 5.75 Å². The predicted molar refractivity (Wildman–Crippen MR) is 146 cm³/mol. The van der Waals surface area contributed by atoms with Crippen molar-refractivity contribution < 1.29 is 9.84 Å². The number of benzene rings is 2. The van der Waals surface area contributed by atoms with Crippen molar-refractivity contribution in [3.63, 3.8) is 0 Å². The number of imidazole rings is 1. The summed E-state index contributed by atoms with van der Waals surface area (Å²) in [5.41, 5.74) is 11.3. The van der Waals surface area contributed by atoms with Gasteiger partial charge in [-0.1, -0.05) is 30.3 Å². The van der Waals surface area contributed by atoms with Crippen molar-refractivity contribution in [2.75, 3.05) is 26.3 Å². The molecule has 0 radical (unpaired) electrons. The molecule has 0 unspecified atom stereocenters. The topological polar surface area (TPSA) is 50.0 Å². The summed E-state index contributed by atoms with van der Waals surface area (Å²) in [5, 5.41) is 10.2. The number of fused-ring (bicyclic) bond motifs is 2. The Labute approximate surface area is 218 Å². The number of rotatable bonds is 4. The van der Waals surface area contributed by atoms with Crippen molar-refractivity contribution >= 4 is 16.8 Å². The van der Waals surface area contributed by atoms with Crippen LogP contribution in [0.25, 0.3) is 16.8 Å². The largest absolute Gasteiger partial charge is 0.508 e. The second-order valence-electron chi connectivity index (χ2n) is 11.2. The van der Waals surface area contributed by atoms with Gasteiger partial charge in [-0.25, -0.2) is 4.98 Å². The van der Waals surface area contributed by atoms with Crippen molar-refractivity contribution in [2.45, 2.75) is 39.2 Å². The highest BCUT2D eigenvalue weighted by Crippen LogP contribution is 2.42. The van der Waals surface area contributed by atoms with E-state index in [-0.39, 0.29) is 0 Å². The number of phenolic OH excluding ortho intramolecular Hbond substituents is 1. The summed E-state index contributed by atoms with van der Waals surface area (Å²) in [7, 11) is 0. The van der Waals surface area contributed by atoms with Crippen LogP contribution in [0.4, 0.5) is 0 Å². The van der Waals surface area contributed by atoms with Crippen LogP contribution in [-0.2, 0) is 17.7 Å². The second kappa shape index (κ2) is 8.86. The molecule has 2 fully saturated rings. The second-order valence-corrected chi connectivity index (χ2v) is 11.2. The van der Waals surface area contributed by atoms with E-state index in [4.69, 9.17) is 9.72 Å². The number of aryl methyl sites for hydroxylation is 2. The van der Waals surface area contributed by atoms with E-state index in [9.17, 15) is 5.11 Å². The first kappa shape index (κ1) is 22.8. The molecule has 5 nitrogen and oxygen atoms in total. The first-order chi connectivity index (χ1) is 18.1. The third-order valence-electron chi connectivity index (χ3n) is 8.49. The molecular weight excluding hydrogens is 458 g/mol. The Morgan fingerprint density at radius 2 is 1.92 bits per heavy atom. The van der Waals surface area contributed by atoms with Gasteiger partial charge in [-0.3, -0.25) is 4.90 Å². The quantitative estimate of drug-likeness (QED) is 0.388. The molecule has 2 aromatic carbocycles. The Bertz CT molecular complexity index is 1520. The molecule has 1 spiro atoms. The fourth-order valence-electron chi connectivity index (χ4n) is 6.69. The van der Waals surface area contributed by atoms with Gasteiger partial charge in [0, 0.05) is 44.0 Å². The number of allylic oxidation sites excluding steroid dienone is 1. The van der Waals surface area contributed by atoms with E-state index in [1.807, 2.05) is 12.1 Å². The van der Waals surface area contributed by atoms with Crippen molar-refractivity contribution in [3.8, 4) is 5.75 Å². The summed E-state index contributed by atoms with van der Waals surface area (Å²) in [4.78, 5) is 7.53. The molecule has 3 aliphatic rings. The number of nitrogens with zero attached hydrogens (tertiary/aromatic N) is 3. The minimum Gasteiger partial charge on any atom is -0.508 e. The lowest BCUT2D eigenvalue weighted by atomic mass is 9.79. The fraction of sp³-hybridized carbons (Fsp3) is 0.344. The number of aromatic nitrogens is 2. The smallest absolute Gasteiger partial charge is 0.137 e. The predicted octanol–water partition coefficient (Wildman–Crippen LogP) is 5.87. The molecule has 0 saturated carbocycles. The van der Waals surface area contributed by atoms with Crippen LogP contribution >= 0.6 is 0 Å². The average Bonchev–Trinajstić information content (AvgIpc) is 3.47. The number of phenols is 1. The summed E-state index contributed by atoms with van der Waals surface area (Å²) in [5.74, 6) is 0.336. The van der Waals surface area contributed by atoms with Crippen LogP contribution in [0.3, 0.4) is 0 Å². The number of aromatic hydroxyl groups is 1. The van der Waals surface area contributed by atoms with E-state index in [0.29, 0.717) is 11.2 Å². The van der Waals surface area contributed by atoms with E-state index in [1.54, 1.807) is 0 Å². The molecule has 1 aliphatic carbocycles. The van der Waals surface area contributed by atoms with Gasteiger partial charge >= 0.3 is 0 Å². The lowest BCUT2D eigenvalue weighted by Gasteiger charge is -2.46. The first-order valence-corrected chi connectivity index (χ1v) is 13.5. The number of hydrogen-bond donors (Lipinski definition) is 1. The van der Waals surface area contributed by atoms with Crippen LogP contribution in [0, 0.1) is 12.3 Å². The van der Waals surface area contributed by atoms with Gasteiger partial charge < -0.3 is 14.2 Å². The van der Waals surface area contributed by atoms with Crippen LogP contribution in [0.2, 0.25) is 0 Å². The molecule has 188 valence electrons. The molecular formula is C32H33N3O2. The van der Waals surface area contributed by atoms with Crippen molar-refractivity contribution in [1.29, 1.82) is 0 Å². The monoisotopic (exact) mass is 491 g/mol. The normalized spacial score (nSPS) is 19.3. The van der Waals surface area contributed by atoms with Gasteiger partial charge in [0.1, 0.15) is 11.4 Å². The summed E-state index contributed by atoms with van der Waals surface area (Å²) >= 11 is 0. The molecule has 5 heteroatoms. The van der Waals surface area contributed by atoms with E-state index in [0.717, 1.165) is 63.5 Å². The molecule has 0 amide bonds. The fourth-order valence-corrected chi connectivity index (χ4v) is 6.69. The molecule has 37 heavy (non-hydrogen) atoms. The standard InChI is InChI=1S/C32H33N3O2/c1-22-5-2-3-7-27(22)29-8-4-6-23-15-26(36)9-10-28(23)31(29)24-11-13-35-18-25(33-30(35)16-24)17-34-19-32(20-34)12-14-37-21-32/h2-3,5,7,9-11,13,15-16,18,36H,4,6,8,12,14,17,19-21H2,1H3. The van der Waals surface area contributed by atoms with E-state index < -0.39 is 0 Å². The van der Waals surface area contributed by atoms with Crippen LogP contribution in [0.1, 0.15) is 52.8 Å². The molecule has 4 heterocycles. The third-order valence-corrected chi connectivity index (χ3v) is 8.49. The van der Waals surface area contributed by atoms with Gasteiger partial charge in [0.15, 0.2) is 0 Å².